The van der Waals surface area contributed by atoms with Crippen molar-refractivity contribution in [2.75, 3.05) is 6.61 Å². The van der Waals surface area contributed by atoms with Crippen LogP contribution in [0.4, 0.5) is 0 Å². The Kier molecular flexibility index (Phi) is 4.41. The molecule has 1 nitrogen and oxygen atoms in total. The smallest absolute Gasteiger partial charge is 0.0491 e. The second-order valence-electron chi connectivity index (χ2n) is 2.79. The van der Waals surface area contributed by atoms with Crippen molar-refractivity contribution in [3.05, 3.63) is 12.2 Å². The summed E-state index contributed by atoms with van der Waals surface area (Å²) in [6.45, 7) is 6.50. The average molecular weight is 128 g/mol. The zero-order chi connectivity index (χ0) is 7.28. The molecule has 0 aliphatic carbocycles. The summed E-state index contributed by atoms with van der Waals surface area (Å²) in [5.74, 6) is 0.909. The predicted octanol–water partition coefficient (Wildman–Crippen LogP) is 1.83. The Balaban J connectivity index is 3.43. The molecular weight excluding hydrogens is 112 g/mol. The fraction of sp³-hybridized carbons (Fsp3) is 0.750. The summed E-state index contributed by atoms with van der Waals surface area (Å²) < 4.78 is 0. The third-order valence-corrected chi connectivity index (χ3v) is 1.11. The fourth-order valence-electron chi connectivity index (χ4n) is 0.473. The van der Waals surface area contributed by atoms with Crippen molar-refractivity contribution in [1.29, 1.82) is 0 Å². The average Bonchev–Trinajstić information content (AvgIpc) is 1.83. The summed E-state index contributed by atoms with van der Waals surface area (Å²) in [5, 5.41) is 8.60. The maximum absolute atomic E-state index is 8.60. The molecule has 0 aromatic heterocycles. The fourth-order valence-corrected chi connectivity index (χ4v) is 0.473. The monoisotopic (exact) mass is 128 g/mol. The van der Waals surface area contributed by atoms with Crippen LogP contribution >= 0.6 is 0 Å². The Morgan fingerprint density at radius 1 is 1.22 bits per heavy atom. The maximum Gasteiger partial charge on any atom is 0.0491 e. The molecule has 0 unspecified atom stereocenters. The van der Waals surface area contributed by atoms with E-state index in [1.54, 1.807) is 0 Å². The second-order valence-corrected chi connectivity index (χ2v) is 2.79. The SMILES string of the molecule is CC(C)/C=C/[C@H](C)CO. The van der Waals surface area contributed by atoms with Crippen molar-refractivity contribution in [3.63, 3.8) is 0 Å². The van der Waals surface area contributed by atoms with E-state index in [4.69, 9.17) is 5.11 Å². The highest BCUT2D eigenvalue weighted by Gasteiger charge is 1.91. The molecule has 0 bridgehead atoms. The van der Waals surface area contributed by atoms with Gasteiger partial charge in [-0.25, -0.2) is 0 Å². The molecule has 0 aromatic rings. The van der Waals surface area contributed by atoms with Crippen LogP contribution in [0.25, 0.3) is 0 Å². The Labute approximate surface area is 57.4 Å². The highest BCUT2D eigenvalue weighted by Crippen LogP contribution is 1.99. The largest absolute Gasteiger partial charge is 0.396 e. The first-order valence-corrected chi connectivity index (χ1v) is 3.46. The van der Waals surface area contributed by atoms with E-state index < -0.39 is 0 Å². The van der Waals surface area contributed by atoms with Gasteiger partial charge in [-0.3, -0.25) is 0 Å². The van der Waals surface area contributed by atoms with E-state index in [0.717, 1.165) is 0 Å². The molecule has 1 heteroatoms. The van der Waals surface area contributed by atoms with Crippen LogP contribution in [-0.4, -0.2) is 11.7 Å². The predicted molar refractivity (Wildman–Crippen MR) is 40.2 cm³/mol. The van der Waals surface area contributed by atoms with Gasteiger partial charge < -0.3 is 5.11 Å². The van der Waals surface area contributed by atoms with Crippen LogP contribution < -0.4 is 0 Å². The molecule has 0 amide bonds. The van der Waals surface area contributed by atoms with Crippen LogP contribution in [0, 0.1) is 11.8 Å². The molecule has 54 valence electrons. The van der Waals surface area contributed by atoms with E-state index in [-0.39, 0.29) is 6.61 Å². The molecule has 1 atom stereocenters. The summed E-state index contributed by atoms with van der Waals surface area (Å²) in [7, 11) is 0. The lowest BCUT2D eigenvalue weighted by Crippen LogP contribution is -1.95. The Morgan fingerprint density at radius 3 is 2.11 bits per heavy atom. The molecule has 0 saturated heterocycles. The number of hydrogen-bond acceptors (Lipinski definition) is 1. The van der Waals surface area contributed by atoms with Crippen LogP contribution in [0.15, 0.2) is 12.2 Å². The summed E-state index contributed by atoms with van der Waals surface area (Å²) in [6.07, 6.45) is 4.16. The molecule has 0 rings (SSSR count). The van der Waals surface area contributed by atoms with Crippen molar-refractivity contribution in [2.45, 2.75) is 20.8 Å². The second kappa shape index (κ2) is 4.57. The van der Waals surface area contributed by atoms with Gasteiger partial charge in [0, 0.05) is 6.61 Å². The van der Waals surface area contributed by atoms with Gasteiger partial charge in [0.2, 0.25) is 0 Å². The lowest BCUT2D eigenvalue weighted by Gasteiger charge is -1.99. The molecule has 0 heterocycles. The van der Waals surface area contributed by atoms with Gasteiger partial charge in [0.05, 0.1) is 0 Å². The van der Waals surface area contributed by atoms with Gasteiger partial charge in [0.1, 0.15) is 0 Å². The molecule has 0 spiro atoms. The molecular formula is C8H16O. The maximum atomic E-state index is 8.60. The summed E-state index contributed by atoms with van der Waals surface area (Å²) in [5.41, 5.74) is 0. The molecule has 0 saturated carbocycles. The van der Waals surface area contributed by atoms with Gasteiger partial charge in [0.25, 0.3) is 0 Å². The summed E-state index contributed by atoms with van der Waals surface area (Å²) in [6, 6.07) is 0. The van der Waals surface area contributed by atoms with Gasteiger partial charge >= 0.3 is 0 Å². The molecule has 0 fully saturated rings. The third-order valence-electron chi connectivity index (χ3n) is 1.11. The molecule has 1 N–H and O–H groups in total. The van der Waals surface area contributed by atoms with E-state index in [0.29, 0.717) is 11.8 Å². The third kappa shape index (κ3) is 5.57. The van der Waals surface area contributed by atoms with E-state index >= 15 is 0 Å². The van der Waals surface area contributed by atoms with Crippen LogP contribution in [-0.2, 0) is 0 Å². The highest BCUT2D eigenvalue weighted by atomic mass is 16.3. The molecule has 0 aliphatic rings. The standard InChI is InChI=1S/C8H16O/c1-7(2)4-5-8(3)6-9/h4-5,7-9H,6H2,1-3H3/b5-4+/t8-/m0/s1. The topological polar surface area (TPSA) is 20.2 Å². The van der Waals surface area contributed by atoms with Crippen molar-refractivity contribution in [1.82, 2.24) is 0 Å². The molecule has 0 aromatic carbocycles. The number of aliphatic hydroxyl groups excluding tert-OH is 1. The first-order valence-electron chi connectivity index (χ1n) is 3.46. The minimum Gasteiger partial charge on any atom is -0.396 e. The van der Waals surface area contributed by atoms with Gasteiger partial charge in [-0.2, -0.15) is 0 Å². The van der Waals surface area contributed by atoms with Crippen LogP contribution in [0.3, 0.4) is 0 Å². The van der Waals surface area contributed by atoms with Crippen molar-refractivity contribution >= 4 is 0 Å². The van der Waals surface area contributed by atoms with Gasteiger partial charge in [-0.1, -0.05) is 32.9 Å². The number of allylic oxidation sites excluding steroid dienone is 1. The van der Waals surface area contributed by atoms with Crippen LogP contribution in [0.5, 0.6) is 0 Å². The highest BCUT2D eigenvalue weighted by molar-refractivity contribution is 4.88. The van der Waals surface area contributed by atoms with Gasteiger partial charge in [-0.15, -0.1) is 0 Å². The first-order chi connectivity index (χ1) is 4.16. The van der Waals surface area contributed by atoms with E-state index in [1.165, 1.54) is 0 Å². The minimum absolute atomic E-state index is 0.253. The minimum atomic E-state index is 0.253. The van der Waals surface area contributed by atoms with Crippen molar-refractivity contribution in [2.24, 2.45) is 11.8 Å². The zero-order valence-electron chi connectivity index (χ0n) is 6.46. The Morgan fingerprint density at radius 2 is 1.78 bits per heavy atom. The number of rotatable bonds is 3. The molecule has 9 heavy (non-hydrogen) atoms. The Bertz CT molecular complexity index is 84.6. The van der Waals surface area contributed by atoms with Crippen LogP contribution in [0.1, 0.15) is 20.8 Å². The zero-order valence-corrected chi connectivity index (χ0v) is 6.46. The van der Waals surface area contributed by atoms with E-state index in [9.17, 15) is 0 Å². The molecule has 0 radical (unpaired) electrons. The van der Waals surface area contributed by atoms with E-state index in [2.05, 4.69) is 19.9 Å². The molecule has 0 aliphatic heterocycles. The Hall–Kier alpha value is -0.300. The van der Waals surface area contributed by atoms with Crippen molar-refractivity contribution in [3.8, 4) is 0 Å². The van der Waals surface area contributed by atoms with Gasteiger partial charge in [-0.05, 0) is 11.8 Å². The number of aliphatic hydroxyl groups is 1. The normalized spacial score (nSPS) is 15.2. The van der Waals surface area contributed by atoms with Crippen molar-refractivity contribution < 1.29 is 5.11 Å². The quantitative estimate of drug-likeness (QED) is 0.575. The number of hydrogen-bond donors (Lipinski definition) is 1. The lowest BCUT2D eigenvalue weighted by atomic mass is 10.1. The van der Waals surface area contributed by atoms with Crippen LogP contribution in [0.2, 0.25) is 0 Å². The lowest BCUT2D eigenvalue weighted by molar-refractivity contribution is 0.261. The van der Waals surface area contributed by atoms with Gasteiger partial charge in [0.15, 0.2) is 0 Å². The summed E-state index contributed by atoms with van der Waals surface area (Å²) in [4.78, 5) is 0. The summed E-state index contributed by atoms with van der Waals surface area (Å²) >= 11 is 0. The van der Waals surface area contributed by atoms with E-state index in [1.807, 2.05) is 13.0 Å². The first kappa shape index (κ1) is 8.70.